The van der Waals surface area contributed by atoms with E-state index in [-0.39, 0.29) is 16.0 Å². The van der Waals surface area contributed by atoms with Crippen LogP contribution in [0.4, 0.5) is 5.69 Å². The molecule has 0 saturated carbocycles. The van der Waals surface area contributed by atoms with Gasteiger partial charge in [0.1, 0.15) is 0 Å². The molecule has 5 aliphatic carbocycles. The smallest absolute Gasteiger partial charge is 0.258 e. The van der Waals surface area contributed by atoms with Crippen LogP contribution in [0, 0.1) is 27.4 Å². The number of nitro groups is 1. The van der Waals surface area contributed by atoms with Gasteiger partial charge in [-0.1, -0.05) is 86.2 Å². The van der Waals surface area contributed by atoms with Gasteiger partial charge >= 0.3 is 0 Å². The Hall–Kier alpha value is -3.72. The highest BCUT2D eigenvalue weighted by Gasteiger charge is 2.44. The van der Waals surface area contributed by atoms with Crippen molar-refractivity contribution in [2.45, 2.75) is 39.5 Å². The van der Waals surface area contributed by atoms with Gasteiger partial charge in [-0.2, -0.15) is 0 Å². The zero-order chi connectivity index (χ0) is 24.6. The zero-order valence-corrected chi connectivity index (χ0v) is 20.8. The van der Waals surface area contributed by atoms with Crippen molar-refractivity contribution < 1.29 is 4.92 Å². The van der Waals surface area contributed by atoms with Crippen molar-refractivity contribution in [3.63, 3.8) is 0 Å². The number of hydrogen-bond acceptors (Lipinski definition) is 2. The molecule has 0 heterocycles. The van der Waals surface area contributed by atoms with E-state index in [1.807, 2.05) is 12.1 Å². The molecule has 0 aliphatic heterocycles. The summed E-state index contributed by atoms with van der Waals surface area (Å²) in [5, 5.41) is 14.5. The molecule has 2 aromatic rings. The van der Waals surface area contributed by atoms with Crippen molar-refractivity contribution in [2.75, 3.05) is 0 Å². The summed E-state index contributed by atoms with van der Waals surface area (Å²) in [6, 6.07) is 16.1. The van der Waals surface area contributed by atoms with Gasteiger partial charge in [0.05, 0.1) is 10.5 Å². The van der Waals surface area contributed by atoms with Gasteiger partial charge in [0.2, 0.25) is 0 Å². The first-order chi connectivity index (χ1) is 17.4. The van der Waals surface area contributed by atoms with Gasteiger partial charge in [0.15, 0.2) is 0 Å². The second-order valence-corrected chi connectivity index (χ2v) is 11.1. The highest BCUT2D eigenvalue weighted by molar-refractivity contribution is 5.84. The first-order valence-corrected chi connectivity index (χ1v) is 13.1. The summed E-state index contributed by atoms with van der Waals surface area (Å²) in [5.74, 6) is 0.803. The molecule has 0 aromatic heterocycles. The molecule has 3 nitrogen and oxygen atoms in total. The Bertz CT molecular complexity index is 1640. The molecule has 3 heteroatoms. The van der Waals surface area contributed by atoms with Crippen LogP contribution in [0.1, 0.15) is 45.1 Å². The van der Waals surface area contributed by atoms with Gasteiger partial charge in [-0.3, -0.25) is 10.1 Å². The number of nitro benzene ring substituents is 1. The summed E-state index contributed by atoms with van der Waals surface area (Å²) in [6.07, 6.45) is 16.2. The molecule has 2 atom stereocenters. The lowest BCUT2D eigenvalue weighted by Gasteiger charge is -2.36. The summed E-state index contributed by atoms with van der Waals surface area (Å²) in [7, 11) is 0. The first kappa shape index (κ1) is 21.6. The lowest BCUT2D eigenvalue weighted by Crippen LogP contribution is -2.40. The summed E-state index contributed by atoms with van der Waals surface area (Å²) in [5.41, 5.74) is 10.5. The van der Waals surface area contributed by atoms with Crippen LogP contribution < -0.4 is 10.4 Å². The van der Waals surface area contributed by atoms with Gasteiger partial charge in [-0.15, -0.1) is 0 Å². The monoisotopic (exact) mass is 471 g/mol. The number of fused-ring (bicyclic) bond motifs is 6. The second kappa shape index (κ2) is 7.64. The molecule has 0 saturated heterocycles. The predicted octanol–water partition coefficient (Wildman–Crippen LogP) is 6.57. The van der Waals surface area contributed by atoms with Gasteiger partial charge in [-0.25, -0.2) is 0 Å². The Kier molecular flexibility index (Phi) is 4.57. The van der Waals surface area contributed by atoms with Gasteiger partial charge in [0, 0.05) is 23.3 Å². The molecular weight excluding hydrogens is 442 g/mol. The van der Waals surface area contributed by atoms with Crippen molar-refractivity contribution in [2.24, 2.45) is 17.3 Å². The van der Waals surface area contributed by atoms with E-state index in [4.69, 9.17) is 0 Å². The minimum atomic E-state index is -0.255. The maximum Gasteiger partial charge on any atom is 0.276 e. The van der Waals surface area contributed by atoms with E-state index in [0.717, 1.165) is 36.8 Å². The largest absolute Gasteiger partial charge is 0.276 e. The van der Waals surface area contributed by atoms with E-state index in [9.17, 15) is 10.1 Å². The maximum absolute atomic E-state index is 11.7. The maximum atomic E-state index is 11.7. The van der Waals surface area contributed by atoms with Crippen LogP contribution in [-0.2, 0) is 0 Å². The zero-order valence-electron chi connectivity index (χ0n) is 20.8. The fraction of sp³-hybridized carbons (Fsp3) is 0.273. The molecule has 0 radical (unpaired) electrons. The van der Waals surface area contributed by atoms with Crippen molar-refractivity contribution in [3.05, 3.63) is 127 Å². The van der Waals surface area contributed by atoms with E-state index < -0.39 is 0 Å². The Morgan fingerprint density at radius 3 is 2.53 bits per heavy atom. The lowest BCUT2D eigenvalue weighted by molar-refractivity contribution is -0.385. The van der Waals surface area contributed by atoms with Crippen molar-refractivity contribution in [3.8, 4) is 0 Å². The van der Waals surface area contributed by atoms with Crippen LogP contribution >= 0.6 is 0 Å². The molecule has 7 rings (SSSR count). The molecule has 2 aromatic carbocycles. The third-order valence-corrected chi connectivity index (χ3v) is 9.00. The van der Waals surface area contributed by atoms with Crippen LogP contribution in [0.15, 0.2) is 101 Å². The van der Waals surface area contributed by atoms with Gasteiger partial charge in [0.25, 0.3) is 5.69 Å². The van der Waals surface area contributed by atoms with E-state index >= 15 is 0 Å². The minimum absolute atomic E-state index is 0.143. The van der Waals surface area contributed by atoms with Crippen LogP contribution in [0.25, 0.3) is 16.7 Å². The molecule has 178 valence electrons. The first-order valence-electron chi connectivity index (χ1n) is 13.1. The molecule has 0 amide bonds. The minimum Gasteiger partial charge on any atom is -0.258 e. The molecule has 0 bridgehead atoms. The Morgan fingerprint density at radius 2 is 1.69 bits per heavy atom. The lowest BCUT2D eigenvalue weighted by atomic mass is 9.67. The highest BCUT2D eigenvalue weighted by atomic mass is 16.6. The van der Waals surface area contributed by atoms with E-state index in [1.54, 1.807) is 17.7 Å². The summed E-state index contributed by atoms with van der Waals surface area (Å²) >= 11 is 0. The van der Waals surface area contributed by atoms with E-state index in [2.05, 4.69) is 68.5 Å². The summed E-state index contributed by atoms with van der Waals surface area (Å²) in [6.45, 7) is 4.64. The normalized spacial score (nSPS) is 25.1. The second-order valence-electron chi connectivity index (χ2n) is 11.1. The number of hydrogen-bond donors (Lipinski definition) is 0. The van der Waals surface area contributed by atoms with E-state index in [0.29, 0.717) is 11.8 Å². The average molecular weight is 472 g/mol. The molecule has 5 aliphatic rings. The van der Waals surface area contributed by atoms with Crippen molar-refractivity contribution in [1.82, 2.24) is 0 Å². The quantitative estimate of drug-likeness (QED) is 0.282. The third kappa shape index (κ3) is 2.92. The van der Waals surface area contributed by atoms with Crippen LogP contribution in [-0.4, -0.2) is 4.92 Å². The number of para-hydroxylation sites is 1. The fourth-order valence-electron chi connectivity index (χ4n) is 7.28. The van der Waals surface area contributed by atoms with Crippen LogP contribution in [0.5, 0.6) is 0 Å². The molecule has 36 heavy (non-hydrogen) atoms. The number of rotatable bonds is 2. The van der Waals surface area contributed by atoms with Crippen molar-refractivity contribution >= 4 is 22.4 Å². The van der Waals surface area contributed by atoms with Crippen LogP contribution in [0.2, 0.25) is 0 Å². The molecule has 2 unspecified atom stereocenters. The van der Waals surface area contributed by atoms with Crippen LogP contribution in [0.3, 0.4) is 0 Å². The summed E-state index contributed by atoms with van der Waals surface area (Å²) in [4.78, 5) is 11.5. The van der Waals surface area contributed by atoms with Gasteiger partial charge < -0.3 is 0 Å². The Balaban J connectivity index is 1.42. The molecule has 0 fully saturated rings. The molecular formula is C33H29NO2. The fourth-order valence-corrected chi connectivity index (χ4v) is 7.28. The number of allylic oxidation sites excluding steroid dienone is 10. The summed E-state index contributed by atoms with van der Waals surface area (Å²) < 4.78 is 0. The number of nitrogens with zero attached hydrogens (tertiary/aromatic N) is 1. The Morgan fingerprint density at radius 1 is 0.917 bits per heavy atom. The topological polar surface area (TPSA) is 43.1 Å². The van der Waals surface area contributed by atoms with Gasteiger partial charge in [-0.05, 0) is 75.6 Å². The SMILES string of the molecule is CC1(C)C2=CC3=c4ccccc4=C4CCC=CC4C3C=C2C2=C1C=C(c1ccccc1[N+](=O)[O-])CC2. The number of benzene rings is 2. The third-order valence-electron chi connectivity index (χ3n) is 9.00. The molecule has 0 spiro atoms. The molecule has 0 N–H and O–H groups in total. The predicted molar refractivity (Wildman–Crippen MR) is 145 cm³/mol. The van der Waals surface area contributed by atoms with Crippen molar-refractivity contribution in [1.29, 1.82) is 0 Å². The van der Waals surface area contributed by atoms with E-state index in [1.165, 1.54) is 38.3 Å². The highest BCUT2D eigenvalue weighted by Crippen LogP contribution is 2.58. The average Bonchev–Trinajstić information content (AvgIpc) is 3.13. The standard InChI is InChI=1S/C33H29NO2/c1-33(2)30-17-20(21-9-7-8-14-32(21)34(35)36)15-16-26(30)29-18-27-24-12-5-3-10-22(24)23-11-4-6-13-25(23)28(27)19-31(29)33/h4-9,11-14,17-19,24,27H,3,10,15-16H2,1-2H3. The Labute approximate surface area is 211 Å².